The molecule has 0 radical (unpaired) electrons. The van der Waals surface area contributed by atoms with Crippen molar-refractivity contribution in [3.05, 3.63) is 52.0 Å². The van der Waals surface area contributed by atoms with Crippen molar-refractivity contribution in [2.24, 2.45) is 0 Å². The molecule has 1 aliphatic heterocycles. The van der Waals surface area contributed by atoms with Gasteiger partial charge in [0.25, 0.3) is 11.8 Å². The molecule has 3 rings (SSSR count). The first kappa shape index (κ1) is 20.3. The molecule has 0 spiro atoms. The second-order valence-corrected chi connectivity index (χ2v) is 7.88. The number of benzene rings is 1. The van der Waals surface area contributed by atoms with Crippen molar-refractivity contribution in [1.82, 2.24) is 9.80 Å². The number of carbonyl (C=O) groups is 2. The number of nitrogens with zero attached hydrogens (tertiary/aromatic N) is 2. The summed E-state index contributed by atoms with van der Waals surface area (Å²) >= 11 is 1.43. The maximum atomic E-state index is 13.8. The van der Waals surface area contributed by atoms with Gasteiger partial charge >= 0.3 is 0 Å². The number of methoxy groups -OCH3 is 1. The van der Waals surface area contributed by atoms with Crippen LogP contribution < -0.4 is 9.64 Å². The third kappa shape index (κ3) is 4.88. The molecule has 1 aromatic carbocycles. The number of thiophene rings is 1. The predicted octanol–water partition coefficient (Wildman–Crippen LogP) is 0.895. The zero-order valence-corrected chi connectivity index (χ0v) is 16.9. The third-order valence-corrected chi connectivity index (χ3v) is 5.68. The number of piperazine rings is 1. The fraction of sp³-hybridized carbons (Fsp3) is 0.400. The molecule has 1 aromatic heterocycles. The minimum absolute atomic E-state index is 0.0337. The summed E-state index contributed by atoms with van der Waals surface area (Å²) in [5, 5.41) is 1.89. The van der Waals surface area contributed by atoms with Gasteiger partial charge in [-0.25, -0.2) is 4.39 Å². The van der Waals surface area contributed by atoms with Crippen LogP contribution in [0.1, 0.15) is 15.2 Å². The molecule has 6 nitrogen and oxygen atoms in total. The van der Waals surface area contributed by atoms with Gasteiger partial charge in [-0.1, -0.05) is 6.07 Å². The van der Waals surface area contributed by atoms with E-state index < -0.39 is 5.82 Å². The zero-order chi connectivity index (χ0) is 20.1. The monoisotopic (exact) mass is 406 g/mol. The summed E-state index contributed by atoms with van der Waals surface area (Å²) in [6.45, 7) is 3.05. The highest BCUT2D eigenvalue weighted by atomic mass is 32.1. The Morgan fingerprint density at radius 2 is 1.89 bits per heavy atom. The summed E-state index contributed by atoms with van der Waals surface area (Å²) in [4.78, 5) is 30.3. The average Bonchev–Trinajstić information content (AvgIpc) is 3.22. The Bertz CT molecular complexity index is 820. The molecule has 1 atom stereocenters. The second kappa shape index (κ2) is 9.16. The molecule has 2 aromatic rings. The molecule has 1 aliphatic rings. The predicted molar refractivity (Wildman–Crippen MR) is 105 cm³/mol. The van der Waals surface area contributed by atoms with Crippen LogP contribution in [0.3, 0.4) is 0 Å². The maximum absolute atomic E-state index is 13.8. The lowest BCUT2D eigenvalue weighted by atomic mass is 10.2. The van der Waals surface area contributed by atoms with E-state index in [1.165, 1.54) is 24.5 Å². The lowest BCUT2D eigenvalue weighted by Crippen LogP contribution is -3.09. The number of hydrogen-bond donors (Lipinski definition) is 1. The Balaban J connectivity index is 1.47. The molecule has 150 valence electrons. The normalized spacial score (nSPS) is 15.4. The van der Waals surface area contributed by atoms with Gasteiger partial charge in [-0.3, -0.25) is 9.59 Å². The van der Waals surface area contributed by atoms with Crippen LogP contribution in [0, 0.1) is 5.82 Å². The highest BCUT2D eigenvalue weighted by Crippen LogP contribution is 2.17. The number of rotatable bonds is 6. The summed E-state index contributed by atoms with van der Waals surface area (Å²) in [7, 11) is 3.35. The lowest BCUT2D eigenvalue weighted by Gasteiger charge is -2.34. The van der Waals surface area contributed by atoms with Gasteiger partial charge in [0.05, 0.1) is 19.0 Å². The molecule has 2 amide bonds. The van der Waals surface area contributed by atoms with Crippen molar-refractivity contribution in [3.8, 4) is 5.75 Å². The van der Waals surface area contributed by atoms with Crippen LogP contribution in [-0.4, -0.2) is 68.5 Å². The van der Waals surface area contributed by atoms with E-state index in [4.69, 9.17) is 4.74 Å². The van der Waals surface area contributed by atoms with Crippen molar-refractivity contribution >= 4 is 23.2 Å². The van der Waals surface area contributed by atoms with Gasteiger partial charge in [-0.05, 0) is 29.6 Å². The molecular formula is C20H25FN3O3S+. The molecule has 0 saturated carbocycles. The molecule has 1 saturated heterocycles. The van der Waals surface area contributed by atoms with Crippen LogP contribution in [0.15, 0.2) is 35.7 Å². The standard InChI is InChI=1S/C20H24FN3O3S/c1-22(13-15-5-6-17(27-2)16(21)12-15)14-19(25)23-7-9-24(10-8-23)20(26)18-4-3-11-28-18/h3-6,11-12H,7-10,13-14H2,1-2H3/p+1. The summed E-state index contributed by atoms with van der Waals surface area (Å²) in [6.07, 6.45) is 0. The first-order valence-corrected chi connectivity index (χ1v) is 10.1. The maximum Gasteiger partial charge on any atom is 0.277 e. The summed E-state index contributed by atoms with van der Waals surface area (Å²) in [6, 6.07) is 8.55. The van der Waals surface area contributed by atoms with Crippen molar-refractivity contribution in [2.45, 2.75) is 6.54 Å². The summed E-state index contributed by atoms with van der Waals surface area (Å²) in [5.41, 5.74) is 0.815. The fourth-order valence-electron chi connectivity index (χ4n) is 3.32. The van der Waals surface area contributed by atoms with Crippen LogP contribution in [-0.2, 0) is 11.3 Å². The van der Waals surface area contributed by atoms with E-state index in [2.05, 4.69) is 0 Å². The van der Waals surface area contributed by atoms with Crippen LogP contribution in [0.2, 0.25) is 0 Å². The van der Waals surface area contributed by atoms with Crippen LogP contribution >= 0.6 is 11.3 Å². The Hall–Kier alpha value is -2.45. The Morgan fingerprint density at radius 1 is 1.18 bits per heavy atom. The molecule has 8 heteroatoms. The SMILES string of the molecule is COc1ccc(C[NH+](C)CC(=O)N2CCN(C(=O)c3cccs3)CC2)cc1F. The quantitative estimate of drug-likeness (QED) is 0.776. The van der Waals surface area contributed by atoms with E-state index in [0.717, 1.165) is 15.3 Å². The topological polar surface area (TPSA) is 54.3 Å². The van der Waals surface area contributed by atoms with E-state index in [9.17, 15) is 14.0 Å². The van der Waals surface area contributed by atoms with E-state index in [-0.39, 0.29) is 17.6 Å². The number of ether oxygens (including phenoxy) is 1. The summed E-state index contributed by atoms with van der Waals surface area (Å²) < 4.78 is 18.7. The summed E-state index contributed by atoms with van der Waals surface area (Å²) in [5.74, 6) is -0.0980. The Labute approximate surface area is 168 Å². The van der Waals surface area contributed by atoms with Gasteiger partial charge in [-0.2, -0.15) is 0 Å². The number of likely N-dealkylation sites (N-methyl/N-ethyl adjacent to an activating group) is 1. The van der Waals surface area contributed by atoms with Gasteiger partial charge in [0.2, 0.25) is 0 Å². The highest BCUT2D eigenvalue weighted by Gasteiger charge is 2.26. The van der Waals surface area contributed by atoms with E-state index in [0.29, 0.717) is 39.3 Å². The average molecular weight is 407 g/mol. The van der Waals surface area contributed by atoms with Crippen LogP contribution in [0.4, 0.5) is 4.39 Å². The smallest absolute Gasteiger partial charge is 0.277 e. The minimum Gasteiger partial charge on any atom is -0.494 e. The lowest BCUT2D eigenvalue weighted by molar-refractivity contribution is -0.885. The zero-order valence-electron chi connectivity index (χ0n) is 16.1. The van der Waals surface area contributed by atoms with Crippen molar-refractivity contribution < 1.29 is 23.6 Å². The fourth-order valence-corrected chi connectivity index (χ4v) is 4.01. The third-order valence-electron chi connectivity index (χ3n) is 4.83. The van der Waals surface area contributed by atoms with Crippen LogP contribution in [0.25, 0.3) is 0 Å². The van der Waals surface area contributed by atoms with Crippen molar-refractivity contribution in [2.75, 3.05) is 46.9 Å². The minimum atomic E-state index is -0.398. The molecule has 0 bridgehead atoms. The van der Waals surface area contributed by atoms with Crippen molar-refractivity contribution in [1.29, 1.82) is 0 Å². The van der Waals surface area contributed by atoms with Gasteiger partial charge in [0.1, 0.15) is 6.54 Å². The van der Waals surface area contributed by atoms with Crippen LogP contribution in [0.5, 0.6) is 5.75 Å². The van der Waals surface area contributed by atoms with Gasteiger partial charge in [-0.15, -0.1) is 11.3 Å². The largest absolute Gasteiger partial charge is 0.494 e. The highest BCUT2D eigenvalue weighted by molar-refractivity contribution is 7.12. The number of nitrogens with one attached hydrogen (secondary N) is 1. The molecule has 1 fully saturated rings. The van der Waals surface area contributed by atoms with Gasteiger partial charge in [0.15, 0.2) is 18.1 Å². The first-order valence-electron chi connectivity index (χ1n) is 9.22. The number of hydrogen-bond acceptors (Lipinski definition) is 4. The number of quaternary nitrogens is 1. The number of carbonyl (C=O) groups excluding carboxylic acids is 2. The molecule has 1 unspecified atom stereocenters. The molecule has 0 aliphatic carbocycles. The van der Waals surface area contributed by atoms with E-state index >= 15 is 0 Å². The molecule has 2 heterocycles. The van der Waals surface area contributed by atoms with Gasteiger partial charge in [0, 0.05) is 31.7 Å². The molecular weight excluding hydrogens is 381 g/mol. The number of halogens is 1. The second-order valence-electron chi connectivity index (χ2n) is 6.93. The Kier molecular flexibility index (Phi) is 6.64. The van der Waals surface area contributed by atoms with E-state index in [1.807, 2.05) is 30.6 Å². The van der Waals surface area contributed by atoms with Gasteiger partial charge < -0.3 is 19.4 Å². The first-order chi connectivity index (χ1) is 13.5. The van der Waals surface area contributed by atoms with E-state index in [1.54, 1.807) is 15.9 Å². The molecule has 1 N–H and O–H groups in total. The van der Waals surface area contributed by atoms with Crippen molar-refractivity contribution in [3.63, 3.8) is 0 Å². The Morgan fingerprint density at radius 3 is 2.50 bits per heavy atom. The number of amides is 2. The molecule has 28 heavy (non-hydrogen) atoms.